The molecule has 1 saturated heterocycles. The van der Waals surface area contributed by atoms with Crippen LogP contribution < -0.4 is 15.8 Å². The van der Waals surface area contributed by atoms with Crippen LogP contribution in [0.3, 0.4) is 0 Å². The zero-order valence-corrected chi connectivity index (χ0v) is 11.7. The number of nitrogens with zero attached hydrogens (tertiary/aromatic N) is 2. The van der Waals surface area contributed by atoms with Crippen LogP contribution in [0, 0.1) is 0 Å². The third-order valence-corrected chi connectivity index (χ3v) is 3.02. The number of ether oxygens (including phenoxy) is 2. The summed E-state index contributed by atoms with van der Waals surface area (Å²) in [6, 6.07) is 1.78. The molecule has 1 fully saturated rings. The molecule has 0 saturated carbocycles. The first-order valence-electron chi connectivity index (χ1n) is 6.77. The second kappa shape index (κ2) is 6.06. The first-order valence-corrected chi connectivity index (χ1v) is 6.77. The number of aromatic nitrogens is 2. The molecular formula is C13H22N4O2. The van der Waals surface area contributed by atoms with Gasteiger partial charge in [-0.15, -0.1) is 0 Å². The van der Waals surface area contributed by atoms with Gasteiger partial charge in [0, 0.05) is 25.5 Å². The van der Waals surface area contributed by atoms with Crippen LogP contribution in [0.1, 0.15) is 33.6 Å². The second-order valence-corrected chi connectivity index (χ2v) is 4.95. The molecule has 19 heavy (non-hydrogen) atoms. The van der Waals surface area contributed by atoms with Gasteiger partial charge in [0.05, 0.1) is 12.2 Å². The average Bonchev–Trinajstić information content (AvgIpc) is 2.26. The van der Waals surface area contributed by atoms with Gasteiger partial charge >= 0.3 is 0 Å². The molecule has 6 nitrogen and oxygen atoms in total. The van der Waals surface area contributed by atoms with Crippen LogP contribution in [0.5, 0.6) is 5.88 Å². The third kappa shape index (κ3) is 3.96. The number of rotatable bonds is 4. The summed E-state index contributed by atoms with van der Waals surface area (Å²) >= 11 is 0. The van der Waals surface area contributed by atoms with E-state index in [1.165, 1.54) is 0 Å². The summed E-state index contributed by atoms with van der Waals surface area (Å²) < 4.78 is 11.6. The van der Waals surface area contributed by atoms with E-state index in [0.717, 1.165) is 19.4 Å². The summed E-state index contributed by atoms with van der Waals surface area (Å²) in [6.45, 7) is 6.90. The molecule has 106 valence electrons. The van der Waals surface area contributed by atoms with Crippen molar-refractivity contribution in [2.24, 2.45) is 0 Å². The SMILES string of the molecule is CCNc1cc(OC2CC(C)OC(C)C2)nc(N)n1. The van der Waals surface area contributed by atoms with Crippen molar-refractivity contribution in [2.45, 2.75) is 51.9 Å². The smallest absolute Gasteiger partial charge is 0.225 e. The number of hydrogen-bond donors (Lipinski definition) is 2. The summed E-state index contributed by atoms with van der Waals surface area (Å²) in [4.78, 5) is 8.22. The van der Waals surface area contributed by atoms with E-state index in [4.69, 9.17) is 15.2 Å². The number of anilines is 2. The number of hydrogen-bond acceptors (Lipinski definition) is 6. The van der Waals surface area contributed by atoms with Gasteiger partial charge in [-0.2, -0.15) is 9.97 Å². The van der Waals surface area contributed by atoms with Crippen molar-refractivity contribution in [2.75, 3.05) is 17.6 Å². The van der Waals surface area contributed by atoms with Crippen LogP contribution in [0.15, 0.2) is 6.07 Å². The van der Waals surface area contributed by atoms with Gasteiger partial charge in [0.25, 0.3) is 0 Å². The second-order valence-electron chi connectivity index (χ2n) is 4.95. The van der Waals surface area contributed by atoms with Gasteiger partial charge in [0.1, 0.15) is 11.9 Å². The molecule has 0 spiro atoms. The Labute approximate surface area is 113 Å². The fourth-order valence-corrected chi connectivity index (χ4v) is 2.39. The molecule has 0 amide bonds. The predicted molar refractivity (Wildman–Crippen MR) is 74.3 cm³/mol. The maximum atomic E-state index is 5.91. The van der Waals surface area contributed by atoms with Crippen LogP contribution in [-0.2, 0) is 4.74 Å². The first-order chi connectivity index (χ1) is 9.06. The molecule has 2 atom stereocenters. The summed E-state index contributed by atoms with van der Waals surface area (Å²) in [6.07, 6.45) is 2.26. The summed E-state index contributed by atoms with van der Waals surface area (Å²) in [5, 5.41) is 3.11. The Hall–Kier alpha value is -1.56. The lowest BCUT2D eigenvalue weighted by molar-refractivity contribution is -0.0729. The van der Waals surface area contributed by atoms with Crippen molar-refractivity contribution < 1.29 is 9.47 Å². The molecule has 0 aromatic carbocycles. The fraction of sp³-hybridized carbons (Fsp3) is 0.692. The highest BCUT2D eigenvalue weighted by atomic mass is 16.5. The topological polar surface area (TPSA) is 82.3 Å². The molecule has 1 aromatic rings. The summed E-state index contributed by atoms with van der Waals surface area (Å²) in [5.41, 5.74) is 5.68. The molecule has 2 unspecified atom stereocenters. The Bertz CT molecular complexity index is 417. The van der Waals surface area contributed by atoms with E-state index >= 15 is 0 Å². The predicted octanol–water partition coefficient (Wildman–Crippen LogP) is 1.83. The van der Waals surface area contributed by atoms with Crippen molar-refractivity contribution in [3.8, 4) is 5.88 Å². The van der Waals surface area contributed by atoms with E-state index in [1.54, 1.807) is 6.07 Å². The van der Waals surface area contributed by atoms with E-state index in [2.05, 4.69) is 29.1 Å². The highest BCUT2D eigenvalue weighted by Gasteiger charge is 2.26. The van der Waals surface area contributed by atoms with Crippen LogP contribution in [0.4, 0.5) is 11.8 Å². The Morgan fingerprint density at radius 2 is 2.05 bits per heavy atom. The van der Waals surface area contributed by atoms with Gasteiger partial charge in [-0.05, 0) is 20.8 Å². The van der Waals surface area contributed by atoms with Gasteiger partial charge < -0.3 is 20.5 Å². The number of nitrogens with one attached hydrogen (secondary N) is 1. The fourth-order valence-electron chi connectivity index (χ4n) is 2.39. The van der Waals surface area contributed by atoms with E-state index in [-0.39, 0.29) is 24.3 Å². The maximum Gasteiger partial charge on any atom is 0.225 e. The lowest BCUT2D eigenvalue weighted by Gasteiger charge is -2.31. The van der Waals surface area contributed by atoms with Crippen molar-refractivity contribution in [3.63, 3.8) is 0 Å². The minimum absolute atomic E-state index is 0.113. The Kier molecular flexibility index (Phi) is 4.42. The minimum Gasteiger partial charge on any atom is -0.474 e. The van der Waals surface area contributed by atoms with E-state index < -0.39 is 0 Å². The molecule has 2 rings (SSSR count). The monoisotopic (exact) mass is 266 g/mol. The van der Waals surface area contributed by atoms with Gasteiger partial charge in [0.15, 0.2) is 0 Å². The van der Waals surface area contributed by atoms with Crippen molar-refractivity contribution in [1.82, 2.24) is 9.97 Å². The molecule has 1 aromatic heterocycles. The molecular weight excluding hydrogens is 244 g/mol. The molecule has 3 N–H and O–H groups in total. The van der Waals surface area contributed by atoms with Crippen molar-refractivity contribution in [1.29, 1.82) is 0 Å². The Balaban J connectivity index is 2.05. The highest BCUT2D eigenvalue weighted by Crippen LogP contribution is 2.24. The van der Waals surface area contributed by atoms with Crippen LogP contribution in [-0.4, -0.2) is 34.8 Å². The summed E-state index contributed by atoms with van der Waals surface area (Å²) in [7, 11) is 0. The van der Waals surface area contributed by atoms with Gasteiger partial charge in [-0.1, -0.05) is 0 Å². The molecule has 0 bridgehead atoms. The van der Waals surface area contributed by atoms with Gasteiger partial charge in [-0.3, -0.25) is 0 Å². The van der Waals surface area contributed by atoms with Gasteiger partial charge in [0.2, 0.25) is 11.8 Å². The molecule has 1 aliphatic heterocycles. The minimum atomic E-state index is 0.113. The maximum absolute atomic E-state index is 5.91. The van der Waals surface area contributed by atoms with Crippen molar-refractivity contribution in [3.05, 3.63) is 6.07 Å². The number of nitrogens with two attached hydrogens (primary N) is 1. The molecule has 2 heterocycles. The van der Waals surface area contributed by atoms with E-state index in [1.807, 2.05) is 6.92 Å². The first kappa shape index (κ1) is 13.9. The van der Waals surface area contributed by atoms with E-state index in [9.17, 15) is 0 Å². The normalized spacial score (nSPS) is 27.0. The zero-order valence-electron chi connectivity index (χ0n) is 11.7. The molecule has 0 aliphatic carbocycles. The Morgan fingerprint density at radius 3 is 2.68 bits per heavy atom. The van der Waals surface area contributed by atoms with Crippen molar-refractivity contribution >= 4 is 11.8 Å². The lowest BCUT2D eigenvalue weighted by atomic mass is 10.0. The standard InChI is InChI=1S/C13H22N4O2/c1-4-15-11-7-12(17-13(14)16-11)19-10-5-8(2)18-9(3)6-10/h7-10H,4-6H2,1-3H3,(H3,14,15,16,17). The zero-order chi connectivity index (χ0) is 13.8. The average molecular weight is 266 g/mol. The molecule has 6 heteroatoms. The highest BCUT2D eigenvalue weighted by molar-refractivity contribution is 5.42. The number of nitrogen functional groups attached to an aromatic ring is 1. The Morgan fingerprint density at radius 1 is 1.37 bits per heavy atom. The molecule has 0 radical (unpaired) electrons. The van der Waals surface area contributed by atoms with E-state index in [0.29, 0.717) is 11.7 Å². The molecule has 1 aliphatic rings. The van der Waals surface area contributed by atoms with Gasteiger partial charge in [-0.25, -0.2) is 0 Å². The summed E-state index contributed by atoms with van der Waals surface area (Å²) in [5.74, 6) is 1.44. The third-order valence-electron chi connectivity index (χ3n) is 3.02. The van der Waals surface area contributed by atoms with Crippen LogP contribution in [0.2, 0.25) is 0 Å². The largest absolute Gasteiger partial charge is 0.474 e. The quantitative estimate of drug-likeness (QED) is 0.865. The van der Waals surface area contributed by atoms with Crippen LogP contribution >= 0.6 is 0 Å². The lowest BCUT2D eigenvalue weighted by Crippen LogP contribution is -2.35. The van der Waals surface area contributed by atoms with Crippen LogP contribution in [0.25, 0.3) is 0 Å².